The molecule has 0 bridgehead atoms. The molecule has 1 aromatic carbocycles. The summed E-state index contributed by atoms with van der Waals surface area (Å²) in [6.07, 6.45) is 2.13. The Morgan fingerprint density at radius 2 is 2.17 bits per heavy atom. The first kappa shape index (κ1) is 13.6. The molecule has 4 heteroatoms. The van der Waals surface area contributed by atoms with Crippen molar-refractivity contribution in [3.63, 3.8) is 0 Å². The summed E-state index contributed by atoms with van der Waals surface area (Å²) in [7, 11) is 0. The molecule has 1 saturated carbocycles. The van der Waals surface area contributed by atoms with Crippen molar-refractivity contribution < 1.29 is 4.79 Å². The number of nitrogens with one attached hydrogen (secondary N) is 2. The van der Waals surface area contributed by atoms with Crippen LogP contribution in [0.1, 0.15) is 24.0 Å². The molecule has 0 radical (unpaired) electrons. The molecule has 1 aromatic rings. The summed E-state index contributed by atoms with van der Waals surface area (Å²) in [5.74, 6) is 0.518. The number of amides is 1. The van der Waals surface area contributed by atoms with Gasteiger partial charge in [-0.1, -0.05) is 28.1 Å². The topological polar surface area (TPSA) is 41.1 Å². The van der Waals surface area contributed by atoms with Crippen molar-refractivity contribution in [2.75, 3.05) is 13.1 Å². The smallest absolute Gasteiger partial charge is 0.223 e. The molecule has 1 aliphatic carbocycles. The highest BCUT2D eigenvalue weighted by atomic mass is 79.9. The van der Waals surface area contributed by atoms with E-state index in [0.717, 1.165) is 30.4 Å². The van der Waals surface area contributed by atoms with E-state index < -0.39 is 0 Å². The fourth-order valence-electron chi connectivity index (χ4n) is 1.78. The molecule has 0 saturated heterocycles. The van der Waals surface area contributed by atoms with Crippen molar-refractivity contribution in [1.29, 1.82) is 0 Å². The third-order valence-electron chi connectivity index (χ3n) is 3.07. The van der Waals surface area contributed by atoms with Gasteiger partial charge in [0.25, 0.3) is 0 Å². The zero-order chi connectivity index (χ0) is 13.0. The zero-order valence-corrected chi connectivity index (χ0v) is 12.2. The monoisotopic (exact) mass is 310 g/mol. The first-order valence-corrected chi connectivity index (χ1v) is 7.19. The van der Waals surface area contributed by atoms with Gasteiger partial charge in [-0.3, -0.25) is 4.79 Å². The molecular weight excluding hydrogens is 292 g/mol. The number of aryl methyl sites for hydroxylation is 1. The lowest BCUT2D eigenvalue weighted by molar-refractivity contribution is -0.122. The maximum Gasteiger partial charge on any atom is 0.223 e. The second-order valence-electron chi connectivity index (χ2n) is 4.84. The Labute approximate surface area is 116 Å². The van der Waals surface area contributed by atoms with Crippen LogP contribution >= 0.6 is 15.9 Å². The molecule has 1 aliphatic rings. The predicted molar refractivity (Wildman–Crippen MR) is 76.3 cm³/mol. The molecule has 0 heterocycles. The fraction of sp³-hybridized carbons (Fsp3) is 0.500. The quantitative estimate of drug-likeness (QED) is 0.792. The van der Waals surface area contributed by atoms with Gasteiger partial charge in [0.15, 0.2) is 0 Å². The van der Waals surface area contributed by atoms with Gasteiger partial charge < -0.3 is 10.6 Å². The second-order valence-corrected chi connectivity index (χ2v) is 5.69. The molecule has 1 amide bonds. The summed E-state index contributed by atoms with van der Waals surface area (Å²) in [4.78, 5) is 11.4. The van der Waals surface area contributed by atoms with Crippen LogP contribution in [0.4, 0.5) is 0 Å². The highest BCUT2D eigenvalue weighted by molar-refractivity contribution is 9.10. The van der Waals surface area contributed by atoms with Crippen LogP contribution < -0.4 is 10.6 Å². The van der Waals surface area contributed by atoms with Crippen molar-refractivity contribution in [3.8, 4) is 0 Å². The normalized spacial score (nSPS) is 14.6. The maximum atomic E-state index is 11.4. The van der Waals surface area contributed by atoms with Gasteiger partial charge in [0.2, 0.25) is 5.91 Å². The third-order valence-corrected chi connectivity index (χ3v) is 3.81. The van der Waals surface area contributed by atoms with Crippen LogP contribution in [0.5, 0.6) is 0 Å². The Hall–Kier alpha value is -0.870. The Morgan fingerprint density at radius 1 is 1.39 bits per heavy atom. The molecule has 0 aliphatic heterocycles. The van der Waals surface area contributed by atoms with E-state index in [4.69, 9.17) is 0 Å². The zero-order valence-electron chi connectivity index (χ0n) is 10.6. The molecular formula is C14H19BrN2O. The van der Waals surface area contributed by atoms with Crippen LogP contribution in [-0.4, -0.2) is 19.0 Å². The summed E-state index contributed by atoms with van der Waals surface area (Å²) >= 11 is 3.56. The fourth-order valence-corrected chi connectivity index (χ4v) is 2.42. The van der Waals surface area contributed by atoms with Crippen LogP contribution in [-0.2, 0) is 11.3 Å². The maximum absolute atomic E-state index is 11.4. The van der Waals surface area contributed by atoms with E-state index in [1.165, 1.54) is 11.1 Å². The van der Waals surface area contributed by atoms with Crippen LogP contribution in [0.15, 0.2) is 22.7 Å². The lowest BCUT2D eigenvalue weighted by Gasteiger charge is -2.08. The number of hydrogen-bond acceptors (Lipinski definition) is 2. The minimum Gasteiger partial charge on any atom is -0.355 e. The Balaban J connectivity index is 1.63. The second kappa shape index (κ2) is 6.34. The first-order chi connectivity index (χ1) is 8.66. The summed E-state index contributed by atoms with van der Waals surface area (Å²) in [5, 5.41) is 6.27. The van der Waals surface area contributed by atoms with Crippen LogP contribution in [0.2, 0.25) is 0 Å². The van der Waals surface area contributed by atoms with E-state index in [9.17, 15) is 4.79 Å². The SMILES string of the molecule is Cc1ccc(CNCCNC(=O)C2CC2)c(Br)c1. The van der Waals surface area contributed by atoms with Gasteiger partial charge in [-0.25, -0.2) is 0 Å². The van der Waals surface area contributed by atoms with Gasteiger partial charge >= 0.3 is 0 Å². The highest BCUT2D eigenvalue weighted by Crippen LogP contribution is 2.28. The molecule has 0 spiro atoms. The molecule has 1 fully saturated rings. The summed E-state index contributed by atoms with van der Waals surface area (Å²) < 4.78 is 1.14. The van der Waals surface area contributed by atoms with Crippen molar-refractivity contribution in [2.24, 2.45) is 5.92 Å². The van der Waals surface area contributed by atoms with Crippen LogP contribution in [0.3, 0.4) is 0 Å². The molecule has 18 heavy (non-hydrogen) atoms. The van der Waals surface area contributed by atoms with Gasteiger partial charge in [-0.15, -0.1) is 0 Å². The van der Waals surface area contributed by atoms with Crippen molar-refractivity contribution in [1.82, 2.24) is 10.6 Å². The van der Waals surface area contributed by atoms with Crippen molar-refractivity contribution in [3.05, 3.63) is 33.8 Å². The average Bonchev–Trinajstić information content (AvgIpc) is 3.15. The highest BCUT2D eigenvalue weighted by Gasteiger charge is 2.28. The van der Waals surface area contributed by atoms with E-state index in [1.807, 2.05) is 0 Å². The van der Waals surface area contributed by atoms with Crippen molar-refractivity contribution in [2.45, 2.75) is 26.3 Å². The van der Waals surface area contributed by atoms with Gasteiger partial charge in [0, 0.05) is 30.0 Å². The van der Waals surface area contributed by atoms with E-state index in [-0.39, 0.29) is 5.91 Å². The summed E-state index contributed by atoms with van der Waals surface area (Å²) in [6, 6.07) is 6.34. The average molecular weight is 311 g/mol. The Morgan fingerprint density at radius 3 is 2.83 bits per heavy atom. The van der Waals surface area contributed by atoms with E-state index in [2.05, 4.69) is 51.7 Å². The van der Waals surface area contributed by atoms with Gasteiger partial charge in [0.05, 0.1) is 0 Å². The van der Waals surface area contributed by atoms with Crippen LogP contribution in [0.25, 0.3) is 0 Å². The summed E-state index contributed by atoms with van der Waals surface area (Å²) in [6.45, 7) is 4.41. The van der Waals surface area contributed by atoms with E-state index >= 15 is 0 Å². The van der Waals surface area contributed by atoms with Gasteiger partial charge in [0.1, 0.15) is 0 Å². The number of carbonyl (C=O) groups excluding carboxylic acids is 1. The van der Waals surface area contributed by atoms with Crippen LogP contribution in [0, 0.1) is 12.8 Å². The number of halogens is 1. The largest absolute Gasteiger partial charge is 0.355 e. The van der Waals surface area contributed by atoms with Gasteiger partial charge in [-0.05, 0) is 37.0 Å². The number of carbonyl (C=O) groups is 1. The summed E-state index contributed by atoms with van der Waals surface area (Å²) in [5.41, 5.74) is 2.50. The Bertz CT molecular complexity index is 430. The molecule has 0 aromatic heterocycles. The number of rotatable bonds is 6. The standard InChI is InChI=1S/C14H19BrN2O/c1-10-2-3-12(13(15)8-10)9-16-6-7-17-14(18)11-4-5-11/h2-3,8,11,16H,4-7,9H2,1H3,(H,17,18). The minimum absolute atomic E-state index is 0.216. The van der Waals surface area contributed by atoms with Crippen molar-refractivity contribution >= 4 is 21.8 Å². The molecule has 0 unspecified atom stereocenters. The Kier molecular flexibility index (Phi) is 4.78. The molecule has 2 rings (SSSR count). The number of benzene rings is 1. The molecule has 2 N–H and O–H groups in total. The molecule has 3 nitrogen and oxygen atoms in total. The predicted octanol–water partition coefficient (Wildman–Crippen LogP) is 2.37. The third kappa shape index (κ3) is 4.10. The minimum atomic E-state index is 0.216. The lowest BCUT2D eigenvalue weighted by atomic mass is 10.1. The van der Waals surface area contributed by atoms with E-state index in [1.54, 1.807) is 0 Å². The number of hydrogen-bond donors (Lipinski definition) is 2. The molecule has 0 atom stereocenters. The van der Waals surface area contributed by atoms with Gasteiger partial charge in [-0.2, -0.15) is 0 Å². The first-order valence-electron chi connectivity index (χ1n) is 6.40. The van der Waals surface area contributed by atoms with E-state index in [0.29, 0.717) is 12.5 Å². The molecule has 98 valence electrons. The lowest BCUT2D eigenvalue weighted by Crippen LogP contribution is -2.32.